The van der Waals surface area contributed by atoms with E-state index in [2.05, 4.69) is 42.2 Å². The Labute approximate surface area is 64.5 Å². The lowest BCUT2D eigenvalue weighted by Crippen LogP contribution is -1.66. The second-order valence-electron chi connectivity index (χ2n) is 2.15. The molecule has 0 atom stereocenters. The number of rotatable bonds is 1. The Hall–Kier alpha value is -0.820. The Morgan fingerprint density at radius 3 is 2.90 bits per heavy atom. The third-order valence-electron chi connectivity index (χ3n) is 1.47. The molecule has 1 heterocycles. The quantitative estimate of drug-likeness (QED) is 0.573. The molecule has 0 saturated carbocycles. The Bertz CT molecular complexity index is 265. The Balaban J connectivity index is 2.36. The van der Waals surface area contributed by atoms with Crippen molar-refractivity contribution in [3.05, 3.63) is 47.0 Å². The van der Waals surface area contributed by atoms with Crippen LogP contribution in [0.4, 0.5) is 0 Å². The van der Waals surface area contributed by atoms with Gasteiger partial charge in [0.25, 0.3) is 0 Å². The van der Waals surface area contributed by atoms with Crippen LogP contribution in [0.1, 0.15) is 4.88 Å². The fourth-order valence-electron chi connectivity index (χ4n) is 0.981. The maximum Gasteiger partial charge on any atom is 0.0339 e. The molecule has 0 bridgehead atoms. The van der Waals surface area contributed by atoms with Crippen molar-refractivity contribution in [3.63, 3.8) is 0 Å². The fourth-order valence-corrected chi connectivity index (χ4v) is 1.71. The third kappa shape index (κ3) is 0.929. The van der Waals surface area contributed by atoms with Gasteiger partial charge in [0.1, 0.15) is 0 Å². The summed E-state index contributed by atoms with van der Waals surface area (Å²) in [6, 6.07) is 4.22. The molecule has 0 aromatic carbocycles. The summed E-state index contributed by atoms with van der Waals surface area (Å²) in [5.74, 6) is 0. The first kappa shape index (κ1) is 5.93. The van der Waals surface area contributed by atoms with Gasteiger partial charge in [0.15, 0.2) is 0 Å². The van der Waals surface area contributed by atoms with E-state index in [-0.39, 0.29) is 0 Å². The first-order valence-electron chi connectivity index (χ1n) is 3.22. The predicted molar refractivity (Wildman–Crippen MR) is 45.7 cm³/mol. The summed E-state index contributed by atoms with van der Waals surface area (Å²) >= 11 is 1.78. The summed E-state index contributed by atoms with van der Waals surface area (Å²) in [5, 5.41) is 2.10. The first-order valence-corrected chi connectivity index (χ1v) is 4.10. The highest BCUT2D eigenvalue weighted by molar-refractivity contribution is 7.11. The molecule has 0 spiro atoms. The summed E-state index contributed by atoms with van der Waals surface area (Å²) in [6.45, 7) is 0. The zero-order valence-electron chi connectivity index (χ0n) is 5.45. The Kier molecular flexibility index (Phi) is 1.44. The number of thiophene rings is 1. The molecule has 0 amide bonds. The second kappa shape index (κ2) is 2.43. The highest BCUT2D eigenvalue weighted by Gasteiger charge is 2.00. The molecule has 0 fully saturated rings. The van der Waals surface area contributed by atoms with E-state index in [9.17, 15) is 0 Å². The van der Waals surface area contributed by atoms with E-state index in [0.717, 1.165) is 0 Å². The summed E-state index contributed by atoms with van der Waals surface area (Å²) < 4.78 is 0. The Morgan fingerprint density at radius 2 is 2.30 bits per heavy atom. The smallest absolute Gasteiger partial charge is 0.0339 e. The van der Waals surface area contributed by atoms with Crippen LogP contribution >= 0.6 is 11.3 Å². The molecule has 2 rings (SSSR count). The standard InChI is InChI=1S/C9H7S/c1-2-5-8(4-1)9-6-3-7-10-9/h1-7H. The molecular formula is C9H7S. The van der Waals surface area contributed by atoms with Crippen LogP contribution in [0.5, 0.6) is 0 Å². The molecule has 1 radical (unpaired) electrons. The molecule has 10 heavy (non-hydrogen) atoms. The van der Waals surface area contributed by atoms with E-state index in [0.29, 0.717) is 0 Å². The van der Waals surface area contributed by atoms with E-state index in [1.54, 1.807) is 11.3 Å². The van der Waals surface area contributed by atoms with Crippen LogP contribution in [0, 0.1) is 6.42 Å². The molecule has 1 aromatic rings. The highest BCUT2D eigenvalue weighted by Crippen LogP contribution is 2.24. The van der Waals surface area contributed by atoms with Crippen molar-refractivity contribution < 1.29 is 0 Å². The van der Waals surface area contributed by atoms with E-state index in [1.165, 1.54) is 10.5 Å². The van der Waals surface area contributed by atoms with E-state index >= 15 is 0 Å². The van der Waals surface area contributed by atoms with Gasteiger partial charge in [0.05, 0.1) is 0 Å². The minimum Gasteiger partial charge on any atom is -0.144 e. The van der Waals surface area contributed by atoms with Crippen molar-refractivity contribution in [3.8, 4) is 0 Å². The molecule has 49 valence electrons. The van der Waals surface area contributed by atoms with Crippen LogP contribution in [0.15, 0.2) is 35.7 Å². The molecule has 1 aliphatic carbocycles. The largest absolute Gasteiger partial charge is 0.144 e. The van der Waals surface area contributed by atoms with Crippen LogP contribution in [0.2, 0.25) is 0 Å². The van der Waals surface area contributed by atoms with Gasteiger partial charge in [-0.15, -0.1) is 11.3 Å². The van der Waals surface area contributed by atoms with Crippen molar-refractivity contribution in [1.29, 1.82) is 0 Å². The van der Waals surface area contributed by atoms with Gasteiger partial charge in [-0.25, -0.2) is 0 Å². The van der Waals surface area contributed by atoms with Gasteiger partial charge in [0, 0.05) is 11.3 Å². The molecule has 1 heteroatoms. The zero-order valence-corrected chi connectivity index (χ0v) is 6.27. The summed E-state index contributed by atoms with van der Waals surface area (Å²) in [4.78, 5) is 1.35. The minimum absolute atomic E-state index is 1.33. The average molecular weight is 147 g/mol. The molecule has 0 saturated heterocycles. The molecule has 0 aliphatic heterocycles. The molecule has 0 unspecified atom stereocenters. The van der Waals surface area contributed by atoms with Crippen LogP contribution in [-0.4, -0.2) is 0 Å². The summed E-state index contributed by atoms with van der Waals surface area (Å²) in [5.41, 5.74) is 1.33. The lowest BCUT2D eigenvalue weighted by molar-refractivity contribution is 1.85. The number of hydrogen-bond acceptors (Lipinski definition) is 1. The lowest BCUT2D eigenvalue weighted by Gasteiger charge is -1.89. The topological polar surface area (TPSA) is 0 Å². The van der Waals surface area contributed by atoms with Gasteiger partial charge >= 0.3 is 0 Å². The van der Waals surface area contributed by atoms with Gasteiger partial charge in [-0.2, -0.15) is 0 Å². The third-order valence-corrected chi connectivity index (χ3v) is 2.39. The normalized spacial score (nSPS) is 15.8. The highest BCUT2D eigenvalue weighted by atomic mass is 32.1. The van der Waals surface area contributed by atoms with Crippen molar-refractivity contribution in [2.45, 2.75) is 0 Å². The van der Waals surface area contributed by atoms with Crippen molar-refractivity contribution in [1.82, 2.24) is 0 Å². The fraction of sp³-hybridized carbons (Fsp3) is 0. The molecule has 0 nitrogen and oxygen atoms in total. The van der Waals surface area contributed by atoms with Gasteiger partial charge in [-0.05, 0) is 17.0 Å². The van der Waals surface area contributed by atoms with Gasteiger partial charge in [-0.1, -0.05) is 24.3 Å². The summed E-state index contributed by atoms with van der Waals surface area (Å²) in [7, 11) is 0. The molecular weight excluding hydrogens is 140 g/mol. The van der Waals surface area contributed by atoms with Crippen LogP contribution in [0.3, 0.4) is 0 Å². The number of allylic oxidation sites excluding steroid dienone is 4. The summed E-state index contributed by atoms with van der Waals surface area (Å²) in [6.07, 6.45) is 8.39. The first-order chi connectivity index (χ1) is 4.97. The molecule has 0 N–H and O–H groups in total. The van der Waals surface area contributed by atoms with E-state index in [1.807, 2.05) is 0 Å². The maximum atomic E-state index is 2.14. The van der Waals surface area contributed by atoms with Crippen LogP contribution in [-0.2, 0) is 0 Å². The van der Waals surface area contributed by atoms with E-state index in [4.69, 9.17) is 0 Å². The maximum absolute atomic E-state index is 2.14. The van der Waals surface area contributed by atoms with Crippen LogP contribution < -0.4 is 0 Å². The predicted octanol–water partition coefficient (Wildman–Crippen LogP) is 2.91. The monoisotopic (exact) mass is 147 g/mol. The van der Waals surface area contributed by atoms with Crippen molar-refractivity contribution in [2.24, 2.45) is 0 Å². The zero-order chi connectivity index (χ0) is 6.81. The molecule has 1 aromatic heterocycles. The van der Waals surface area contributed by atoms with Gasteiger partial charge in [0.2, 0.25) is 0 Å². The van der Waals surface area contributed by atoms with Crippen LogP contribution in [0.25, 0.3) is 5.57 Å². The van der Waals surface area contributed by atoms with Crippen molar-refractivity contribution >= 4 is 16.9 Å². The van der Waals surface area contributed by atoms with Gasteiger partial charge < -0.3 is 0 Å². The van der Waals surface area contributed by atoms with E-state index < -0.39 is 0 Å². The SMILES string of the molecule is [CH]1C=CC(c2cccs2)=C1. The molecule has 1 aliphatic rings. The lowest BCUT2D eigenvalue weighted by atomic mass is 10.2. The minimum atomic E-state index is 1.33. The van der Waals surface area contributed by atoms with Gasteiger partial charge in [-0.3, -0.25) is 0 Å². The second-order valence-corrected chi connectivity index (χ2v) is 3.10. The average Bonchev–Trinajstić information content (AvgIpc) is 2.59. The number of hydrogen-bond donors (Lipinski definition) is 0. The Morgan fingerprint density at radius 1 is 1.30 bits per heavy atom. The van der Waals surface area contributed by atoms with Crippen molar-refractivity contribution in [2.75, 3.05) is 0 Å².